The van der Waals surface area contributed by atoms with E-state index < -0.39 is 5.97 Å². The molecule has 0 unspecified atom stereocenters. The summed E-state index contributed by atoms with van der Waals surface area (Å²) in [5.41, 5.74) is 0. The highest BCUT2D eigenvalue weighted by Gasteiger charge is 2.13. The second-order valence-electron chi connectivity index (χ2n) is 4.81. The Bertz CT molecular complexity index is 467. The third kappa shape index (κ3) is 6.79. The fourth-order valence-electron chi connectivity index (χ4n) is 1.55. The van der Waals surface area contributed by atoms with Gasteiger partial charge in [0.05, 0.1) is 25.6 Å². The first-order chi connectivity index (χ1) is 10.0. The first kappa shape index (κ1) is 17.0. The van der Waals surface area contributed by atoms with Crippen molar-refractivity contribution < 1.29 is 23.8 Å². The first-order valence-corrected chi connectivity index (χ1v) is 7.15. The van der Waals surface area contributed by atoms with Crippen LogP contribution < -0.4 is 9.47 Å². The van der Waals surface area contributed by atoms with E-state index >= 15 is 0 Å². The van der Waals surface area contributed by atoms with Gasteiger partial charge in [0.1, 0.15) is 0 Å². The third-order valence-electron chi connectivity index (χ3n) is 2.44. The Hall–Kier alpha value is -2.04. The fourth-order valence-corrected chi connectivity index (χ4v) is 1.55. The average Bonchev–Trinajstić information content (AvgIpc) is 2.44. The van der Waals surface area contributed by atoms with Crippen LogP contribution in [0.2, 0.25) is 0 Å². The normalized spacial score (nSPS) is 10.3. The number of carbonyl (C=O) groups excluding carboxylic acids is 2. The van der Waals surface area contributed by atoms with Gasteiger partial charge in [-0.3, -0.25) is 9.59 Å². The molecule has 1 rings (SSSR count). The summed E-state index contributed by atoms with van der Waals surface area (Å²) in [6, 6.07) is 6.95. The van der Waals surface area contributed by atoms with Crippen LogP contribution in [0.15, 0.2) is 24.3 Å². The van der Waals surface area contributed by atoms with Gasteiger partial charge in [-0.15, -0.1) is 0 Å². The number of hydrogen-bond acceptors (Lipinski definition) is 5. The Morgan fingerprint density at radius 3 is 2.29 bits per heavy atom. The number of ether oxygens (including phenoxy) is 3. The minimum absolute atomic E-state index is 0.0153. The summed E-state index contributed by atoms with van der Waals surface area (Å²) in [6.45, 7) is 6.07. The summed E-state index contributed by atoms with van der Waals surface area (Å²) >= 11 is 0. The molecular weight excluding hydrogens is 272 g/mol. The zero-order chi connectivity index (χ0) is 15.7. The third-order valence-corrected chi connectivity index (χ3v) is 2.44. The monoisotopic (exact) mass is 294 g/mol. The lowest BCUT2D eigenvalue weighted by Crippen LogP contribution is -2.14. The topological polar surface area (TPSA) is 61.8 Å². The SMILES string of the molecule is CCCOC(=O)CCC(=O)Oc1ccccc1OC(C)C. The van der Waals surface area contributed by atoms with Crippen molar-refractivity contribution in [2.24, 2.45) is 0 Å². The fraction of sp³-hybridized carbons (Fsp3) is 0.500. The lowest BCUT2D eigenvalue weighted by atomic mass is 10.3. The molecule has 0 saturated carbocycles. The van der Waals surface area contributed by atoms with Gasteiger partial charge in [0, 0.05) is 0 Å². The van der Waals surface area contributed by atoms with Crippen LogP contribution in [0.3, 0.4) is 0 Å². The van der Waals surface area contributed by atoms with Crippen molar-refractivity contribution in [2.75, 3.05) is 6.61 Å². The Morgan fingerprint density at radius 1 is 1.05 bits per heavy atom. The van der Waals surface area contributed by atoms with Crippen molar-refractivity contribution in [2.45, 2.75) is 46.1 Å². The molecule has 0 heterocycles. The van der Waals surface area contributed by atoms with Gasteiger partial charge < -0.3 is 14.2 Å². The van der Waals surface area contributed by atoms with Crippen molar-refractivity contribution in [1.29, 1.82) is 0 Å². The highest BCUT2D eigenvalue weighted by molar-refractivity contribution is 5.79. The minimum Gasteiger partial charge on any atom is -0.487 e. The van der Waals surface area contributed by atoms with E-state index in [4.69, 9.17) is 14.2 Å². The maximum absolute atomic E-state index is 11.7. The van der Waals surface area contributed by atoms with Gasteiger partial charge in [0.25, 0.3) is 0 Å². The number of esters is 2. The molecule has 0 amide bonds. The zero-order valence-corrected chi connectivity index (χ0v) is 12.8. The molecule has 0 radical (unpaired) electrons. The molecule has 0 saturated heterocycles. The van der Waals surface area contributed by atoms with E-state index in [1.165, 1.54) is 0 Å². The average molecular weight is 294 g/mol. The Morgan fingerprint density at radius 2 is 1.67 bits per heavy atom. The predicted molar refractivity (Wildman–Crippen MR) is 78.3 cm³/mol. The summed E-state index contributed by atoms with van der Waals surface area (Å²) < 4.78 is 15.7. The van der Waals surface area contributed by atoms with Gasteiger partial charge >= 0.3 is 11.9 Å². The number of carbonyl (C=O) groups is 2. The summed E-state index contributed by atoms with van der Waals surface area (Å²) in [4.78, 5) is 23.1. The number of para-hydroxylation sites is 2. The van der Waals surface area contributed by atoms with Crippen molar-refractivity contribution in [3.05, 3.63) is 24.3 Å². The second kappa shape index (κ2) is 9.00. The summed E-state index contributed by atoms with van der Waals surface area (Å²) in [7, 11) is 0. The lowest BCUT2D eigenvalue weighted by molar-refractivity contribution is -0.147. The molecule has 116 valence electrons. The van der Waals surface area contributed by atoms with E-state index in [0.29, 0.717) is 18.1 Å². The first-order valence-electron chi connectivity index (χ1n) is 7.15. The molecule has 0 bridgehead atoms. The quantitative estimate of drug-likeness (QED) is 0.544. The second-order valence-corrected chi connectivity index (χ2v) is 4.81. The summed E-state index contributed by atoms with van der Waals surface area (Å²) in [5, 5.41) is 0. The van der Waals surface area contributed by atoms with Crippen LogP contribution in [-0.4, -0.2) is 24.6 Å². The molecule has 0 atom stereocenters. The number of benzene rings is 1. The van der Waals surface area contributed by atoms with Crippen molar-refractivity contribution in [1.82, 2.24) is 0 Å². The van der Waals surface area contributed by atoms with E-state index in [-0.39, 0.29) is 24.9 Å². The van der Waals surface area contributed by atoms with E-state index in [0.717, 1.165) is 6.42 Å². The van der Waals surface area contributed by atoms with Crippen LogP contribution in [0, 0.1) is 0 Å². The van der Waals surface area contributed by atoms with Crippen LogP contribution in [-0.2, 0) is 14.3 Å². The molecule has 0 spiro atoms. The summed E-state index contributed by atoms with van der Waals surface area (Å²) in [5.74, 6) is -0.00342. The van der Waals surface area contributed by atoms with E-state index in [1.54, 1.807) is 24.3 Å². The maximum Gasteiger partial charge on any atom is 0.311 e. The molecule has 5 heteroatoms. The van der Waals surface area contributed by atoms with Crippen LogP contribution >= 0.6 is 0 Å². The van der Waals surface area contributed by atoms with Gasteiger partial charge in [0.2, 0.25) is 0 Å². The molecule has 1 aromatic carbocycles. The van der Waals surface area contributed by atoms with E-state index in [9.17, 15) is 9.59 Å². The molecule has 0 fully saturated rings. The Labute approximate surface area is 125 Å². The van der Waals surface area contributed by atoms with Crippen molar-refractivity contribution in [3.63, 3.8) is 0 Å². The molecule has 0 N–H and O–H groups in total. The summed E-state index contributed by atoms with van der Waals surface area (Å²) in [6.07, 6.45) is 0.745. The van der Waals surface area contributed by atoms with Crippen LogP contribution in [0.1, 0.15) is 40.0 Å². The van der Waals surface area contributed by atoms with Crippen molar-refractivity contribution in [3.8, 4) is 11.5 Å². The molecule has 0 aliphatic heterocycles. The highest BCUT2D eigenvalue weighted by Crippen LogP contribution is 2.27. The Balaban J connectivity index is 2.49. The van der Waals surface area contributed by atoms with Gasteiger partial charge in [0.15, 0.2) is 11.5 Å². The maximum atomic E-state index is 11.7. The minimum atomic E-state index is -0.483. The predicted octanol–water partition coefficient (Wildman–Crippen LogP) is 3.11. The van der Waals surface area contributed by atoms with Gasteiger partial charge in [-0.1, -0.05) is 19.1 Å². The molecule has 0 aromatic heterocycles. The van der Waals surface area contributed by atoms with Crippen molar-refractivity contribution >= 4 is 11.9 Å². The van der Waals surface area contributed by atoms with Gasteiger partial charge in [-0.05, 0) is 32.4 Å². The van der Waals surface area contributed by atoms with Crippen LogP contribution in [0.4, 0.5) is 0 Å². The highest BCUT2D eigenvalue weighted by atomic mass is 16.6. The van der Waals surface area contributed by atoms with Gasteiger partial charge in [-0.25, -0.2) is 0 Å². The molecule has 0 aliphatic rings. The molecule has 0 aliphatic carbocycles. The molecule has 5 nitrogen and oxygen atoms in total. The zero-order valence-electron chi connectivity index (χ0n) is 12.8. The smallest absolute Gasteiger partial charge is 0.311 e. The van der Waals surface area contributed by atoms with E-state index in [2.05, 4.69) is 0 Å². The Kier molecular flexibility index (Phi) is 7.29. The molecule has 1 aromatic rings. The lowest BCUT2D eigenvalue weighted by Gasteiger charge is -2.13. The van der Waals surface area contributed by atoms with E-state index in [1.807, 2.05) is 20.8 Å². The van der Waals surface area contributed by atoms with Crippen LogP contribution in [0.25, 0.3) is 0 Å². The molecular formula is C16H22O5. The van der Waals surface area contributed by atoms with Crippen LogP contribution in [0.5, 0.6) is 11.5 Å². The number of rotatable bonds is 8. The standard InChI is InChI=1S/C16H22O5/c1-4-11-19-15(17)9-10-16(18)21-14-8-6-5-7-13(14)20-12(2)3/h5-8,12H,4,9-11H2,1-3H3. The largest absolute Gasteiger partial charge is 0.487 e. The number of hydrogen-bond donors (Lipinski definition) is 0. The van der Waals surface area contributed by atoms with Gasteiger partial charge in [-0.2, -0.15) is 0 Å². The molecule has 21 heavy (non-hydrogen) atoms.